The van der Waals surface area contributed by atoms with Crippen LogP contribution in [0.4, 0.5) is 13.2 Å². The van der Waals surface area contributed by atoms with Gasteiger partial charge in [0.15, 0.2) is 0 Å². The number of aromatic nitrogens is 1. The van der Waals surface area contributed by atoms with E-state index < -0.39 is 11.7 Å². The quantitative estimate of drug-likeness (QED) is 0.780. The number of rotatable bonds is 1. The summed E-state index contributed by atoms with van der Waals surface area (Å²) in [4.78, 5) is 5.80. The van der Waals surface area contributed by atoms with E-state index in [2.05, 4.69) is 27.0 Å². The van der Waals surface area contributed by atoms with E-state index in [0.717, 1.165) is 44.6 Å². The van der Waals surface area contributed by atoms with Crippen molar-refractivity contribution in [2.24, 2.45) is 0 Å². The van der Waals surface area contributed by atoms with Gasteiger partial charge in [0, 0.05) is 38.6 Å². The van der Waals surface area contributed by atoms with E-state index in [-0.39, 0.29) is 5.56 Å². The molecule has 3 nitrogen and oxygen atoms in total. The fourth-order valence-electron chi connectivity index (χ4n) is 1.86. The third kappa shape index (κ3) is 3.94. The van der Waals surface area contributed by atoms with E-state index in [9.17, 15) is 13.2 Å². The van der Waals surface area contributed by atoms with Crippen LogP contribution >= 0.6 is 0 Å². The van der Waals surface area contributed by atoms with Gasteiger partial charge in [-0.15, -0.1) is 0 Å². The molecule has 0 unspecified atom stereocenters. The van der Waals surface area contributed by atoms with E-state index >= 15 is 0 Å². The van der Waals surface area contributed by atoms with Crippen molar-refractivity contribution in [3.05, 3.63) is 29.6 Å². The zero-order valence-electron chi connectivity index (χ0n) is 10.3. The van der Waals surface area contributed by atoms with Crippen LogP contribution in [0, 0.1) is 11.8 Å². The highest BCUT2D eigenvalue weighted by Crippen LogP contribution is 2.30. The molecular formula is C13H14F3N3. The Bertz CT molecular complexity index is 482. The molecule has 0 aliphatic carbocycles. The molecule has 1 N–H and O–H groups in total. The first-order valence-corrected chi connectivity index (χ1v) is 6.00. The Morgan fingerprint density at radius 3 is 2.74 bits per heavy atom. The molecule has 0 radical (unpaired) electrons. The van der Waals surface area contributed by atoms with Crippen LogP contribution in [-0.2, 0) is 6.18 Å². The van der Waals surface area contributed by atoms with Gasteiger partial charge in [-0.2, -0.15) is 13.2 Å². The van der Waals surface area contributed by atoms with Gasteiger partial charge >= 0.3 is 6.18 Å². The number of pyridine rings is 1. The topological polar surface area (TPSA) is 28.2 Å². The molecule has 0 amide bonds. The predicted molar refractivity (Wildman–Crippen MR) is 65.4 cm³/mol. The first kappa shape index (κ1) is 13.8. The second kappa shape index (κ2) is 6.04. The van der Waals surface area contributed by atoms with Gasteiger partial charge in [0.2, 0.25) is 0 Å². The average molecular weight is 269 g/mol. The summed E-state index contributed by atoms with van der Waals surface area (Å²) in [7, 11) is 0. The molecule has 1 saturated heterocycles. The maximum absolute atomic E-state index is 12.7. The maximum Gasteiger partial charge on any atom is 0.417 e. The number of nitrogens with zero attached hydrogens (tertiary/aromatic N) is 2. The van der Waals surface area contributed by atoms with Crippen LogP contribution in [0.2, 0.25) is 0 Å². The summed E-state index contributed by atoms with van der Waals surface area (Å²) in [5.41, 5.74) is -0.791. The summed E-state index contributed by atoms with van der Waals surface area (Å²) in [6, 6.07) is 0.953. The molecule has 2 rings (SSSR count). The number of halogens is 3. The zero-order chi connectivity index (χ0) is 13.7. The molecule has 1 aliphatic rings. The van der Waals surface area contributed by atoms with Crippen molar-refractivity contribution in [3.63, 3.8) is 0 Å². The Kier molecular flexibility index (Phi) is 4.40. The van der Waals surface area contributed by atoms with Crippen molar-refractivity contribution >= 4 is 0 Å². The van der Waals surface area contributed by atoms with Gasteiger partial charge < -0.3 is 5.32 Å². The number of nitrogens with one attached hydrogen (secondary N) is 1. The van der Waals surface area contributed by atoms with Crippen LogP contribution < -0.4 is 5.32 Å². The van der Waals surface area contributed by atoms with E-state index in [1.54, 1.807) is 0 Å². The number of alkyl halides is 3. The Labute approximate surface area is 109 Å². The van der Waals surface area contributed by atoms with Gasteiger partial charge in [-0.3, -0.25) is 9.88 Å². The van der Waals surface area contributed by atoms with Gasteiger partial charge in [-0.25, -0.2) is 0 Å². The molecule has 0 aromatic carbocycles. The zero-order valence-corrected chi connectivity index (χ0v) is 10.3. The van der Waals surface area contributed by atoms with Crippen molar-refractivity contribution in [1.29, 1.82) is 0 Å². The van der Waals surface area contributed by atoms with Gasteiger partial charge in [-0.05, 0) is 6.07 Å². The van der Waals surface area contributed by atoms with Crippen molar-refractivity contribution in [3.8, 4) is 11.8 Å². The molecule has 102 valence electrons. The van der Waals surface area contributed by atoms with Crippen LogP contribution in [0.15, 0.2) is 18.5 Å². The Balaban J connectivity index is 2.07. The smallest absolute Gasteiger partial charge is 0.314 e. The van der Waals surface area contributed by atoms with Crippen LogP contribution in [0.3, 0.4) is 0 Å². The standard InChI is InChI=1S/C13H14F3N3/c14-13(15,16)12-3-4-18-10-11(12)2-1-7-19-8-5-17-6-9-19/h3-4,10,17H,5-9H2. The third-order valence-electron chi connectivity index (χ3n) is 2.86. The van der Waals surface area contributed by atoms with E-state index in [1.165, 1.54) is 0 Å². The molecular weight excluding hydrogens is 255 g/mol. The number of piperazine rings is 1. The molecule has 1 aromatic heterocycles. The Morgan fingerprint density at radius 2 is 2.05 bits per heavy atom. The molecule has 1 aromatic rings. The van der Waals surface area contributed by atoms with Crippen molar-refractivity contribution < 1.29 is 13.2 Å². The summed E-state index contributed by atoms with van der Waals surface area (Å²) in [5.74, 6) is 5.36. The third-order valence-corrected chi connectivity index (χ3v) is 2.86. The van der Waals surface area contributed by atoms with Crippen molar-refractivity contribution in [2.75, 3.05) is 32.7 Å². The molecule has 0 spiro atoms. The molecule has 6 heteroatoms. The van der Waals surface area contributed by atoms with E-state index in [1.807, 2.05) is 0 Å². The minimum atomic E-state index is -4.39. The van der Waals surface area contributed by atoms with Crippen LogP contribution in [0.1, 0.15) is 11.1 Å². The first-order chi connectivity index (χ1) is 9.07. The highest BCUT2D eigenvalue weighted by molar-refractivity contribution is 5.40. The lowest BCUT2D eigenvalue weighted by molar-refractivity contribution is -0.137. The fraction of sp³-hybridized carbons (Fsp3) is 0.462. The average Bonchev–Trinajstić information content (AvgIpc) is 2.39. The minimum absolute atomic E-state index is 0.0647. The van der Waals surface area contributed by atoms with Crippen molar-refractivity contribution in [1.82, 2.24) is 15.2 Å². The van der Waals surface area contributed by atoms with E-state index in [4.69, 9.17) is 0 Å². The summed E-state index contributed by atoms with van der Waals surface area (Å²) in [6.45, 7) is 4.00. The fourth-order valence-corrected chi connectivity index (χ4v) is 1.86. The molecule has 1 aliphatic heterocycles. The number of hydrogen-bond acceptors (Lipinski definition) is 3. The normalized spacial score (nSPS) is 16.8. The second-order valence-corrected chi connectivity index (χ2v) is 4.25. The predicted octanol–water partition coefficient (Wildman–Crippen LogP) is 1.36. The molecule has 0 atom stereocenters. The molecule has 1 fully saturated rings. The van der Waals surface area contributed by atoms with Gasteiger partial charge in [0.25, 0.3) is 0 Å². The second-order valence-electron chi connectivity index (χ2n) is 4.25. The van der Waals surface area contributed by atoms with Gasteiger partial charge in [0.1, 0.15) is 0 Å². The van der Waals surface area contributed by atoms with Gasteiger partial charge in [-0.1, -0.05) is 11.8 Å². The summed E-state index contributed by atoms with van der Waals surface area (Å²) in [6.07, 6.45) is -2.10. The SMILES string of the molecule is FC(F)(F)c1ccncc1C#CCN1CCNCC1. The minimum Gasteiger partial charge on any atom is -0.314 e. The Hall–Kier alpha value is -1.58. The Morgan fingerprint density at radius 1 is 1.32 bits per heavy atom. The lowest BCUT2D eigenvalue weighted by atomic mass is 10.1. The maximum atomic E-state index is 12.7. The molecule has 0 saturated carbocycles. The van der Waals surface area contributed by atoms with Crippen molar-refractivity contribution in [2.45, 2.75) is 6.18 Å². The highest BCUT2D eigenvalue weighted by Gasteiger charge is 2.32. The summed E-state index contributed by atoms with van der Waals surface area (Å²) >= 11 is 0. The summed E-state index contributed by atoms with van der Waals surface area (Å²) < 4.78 is 38.1. The molecule has 2 heterocycles. The largest absolute Gasteiger partial charge is 0.417 e. The monoisotopic (exact) mass is 269 g/mol. The van der Waals surface area contributed by atoms with Gasteiger partial charge in [0.05, 0.1) is 17.7 Å². The van der Waals surface area contributed by atoms with Crippen LogP contribution in [-0.4, -0.2) is 42.6 Å². The highest BCUT2D eigenvalue weighted by atomic mass is 19.4. The summed E-state index contributed by atoms with van der Waals surface area (Å²) in [5, 5.41) is 3.20. The van der Waals surface area contributed by atoms with Crippen LogP contribution in [0.25, 0.3) is 0 Å². The molecule has 0 bridgehead atoms. The lowest BCUT2D eigenvalue weighted by Gasteiger charge is -2.24. The lowest BCUT2D eigenvalue weighted by Crippen LogP contribution is -2.43. The van der Waals surface area contributed by atoms with Crippen LogP contribution in [0.5, 0.6) is 0 Å². The molecule has 19 heavy (non-hydrogen) atoms. The van der Waals surface area contributed by atoms with E-state index in [0.29, 0.717) is 6.54 Å². The number of hydrogen-bond donors (Lipinski definition) is 1. The first-order valence-electron chi connectivity index (χ1n) is 6.00.